The summed E-state index contributed by atoms with van der Waals surface area (Å²) in [5, 5.41) is 2.29. The molecule has 0 amide bonds. The standard InChI is InChI=1S/C30H24N6/c1-18-15-35-27-22(20(18)3)8-9-23-24(19(2)16-36-28(23)27)14-21-7-10-26(34-17-21)30-29(32-12-13-33-30)25-6-4-5-11-31-25/h4-13,15-17H,14H2,1-3H3. The number of hydrogen-bond acceptors (Lipinski definition) is 6. The van der Waals surface area contributed by atoms with Crippen molar-refractivity contribution in [3.63, 3.8) is 0 Å². The molecular formula is C30H24N6. The van der Waals surface area contributed by atoms with E-state index in [9.17, 15) is 0 Å². The molecule has 0 aliphatic carbocycles. The molecule has 0 atom stereocenters. The van der Waals surface area contributed by atoms with Crippen molar-refractivity contribution in [1.82, 2.24) is 29.9 Å². The van der Waals surface area contributed by atoms with Crippen molar-refractivity contribution in [2.45, 2.75) is 27.2 Å². The molecule has 6 nitrogen and oxygen atoms in total. The molecule has 5 heterocycles. The molecule has 6 aromatic rings. The van der Waals surface area contributed by atoms with E-state index in [4.69, 9.17) is 15.0 Å². The highest BCUT2D eigenvalue weighted by atomic mass is 14.9. The van der Waals surface area contributed by atoms with E-state index >= 15 is 0 Å². The van der Waals surface area contributed by atoms with E-state index in [-0.39, 0.29) is 0 Å². The molecule has 0 fully saturated rings. The number of aryl methyl sites for hydroxylation is 3. The SMILES string of the molecule is Cc1cnc2c(ccc3c(Cc4ccc(-c5nccnc5-c5ccccn5)nc4)c(C)cnc32)c1C. The maximum atomic E-state index is 4.77. The molecule has 0 radical (unpaired) electrons. The summed E-state index contributed by atoms with van der Waals surface area (Å²) in [4.78, 5) is 27.8. The van der Waals surface area contributed by atoms with Gasteiger partial charge in [-0.25, -0.2) is 0 Å². The smallest absolute Gasteiger partial charge is 0.116 e. The van der Waals surface area contributed by atoms with E-state index in [0.717, 1.165) is 62.1 Å². The predicted octanol–water partition coefficient (Wildman–Crippen LogP) is 6.21. The normalized spacial score (nSPS) is 11.3. The molecule has 0 aliphatic rings. The van der Waals surface area contributed by atoms with Crippen LogP contribution in [0.25, 0.3) is 44.6 Å². The van der Waals surface area contributed by atoms with E-state index < -0.39 is 0 Å². The first-order valence-electron chi connectivity index (χ1n) is 11.9. The Bertz CT molecular complexity index is 1730. The van der Waals surface area contributed by atoms with Gasteiger partial charge in [0, 0.05) is 48.0 Å². The summed E-state index contributed by atoms with van der Waals surface area (Å²) in [5.74, 6) is 0. The summed E-state index contributed by atoms with van der Waals surface area (Å²) in [6.45, 7) is 6.35. The predicted molar refractivity (Wildman–Crippen MR) is 143 cm³/mol. The van der Waals surface area contributed by atoms with Gasteiger partial charge in [0.1, 0.15) is 11.4 Å². The number of hydrogen-bond donors (Lipinski definition) is 0. The Kier molecular flexibility index (Phi) is 5.41. The van der Waals surface area contributed by atoms with Crippen LogP contribution < -0.4 is 0 Å². The fourth-order valence-electron chi connectivity index (χ4n) is 4.63. The van der Waals surface area contributed by atoms with Gasteiger partial charge >= 0.3 is 0 Å². The Morgan fingerprint density at radius 2 is 1.25 bits per heavy atom. The fourth-order valence-corrected chi connectivity index (χ4v) is 4.63. The minimum atomic E-state index is 0.719. The summed E-state index contributed by atoms with van der Waals surface area (Å²) in [6, 6.07) is 14.2. The third-order valence-electron chi connectivity index (χ3n) is 6.78. The van der Waals surface area contributed by atoms with Crippen LogP contribution in [-0.4, -0.2) is 29.9 Å². The average Bonchev–Trinajstić information content (AvgIpc) is 2.93. The summed E-state index contributed by atoms with van der Waals surface area (Å²) in [5.41, 5.74) is 10.8. The van der Waals surface area contributed by atoms with Gasteiger partial charge in [0.15, 0.2) is 0 Å². The van der Waals surface area contributed by atoms with E-state index in [1.807, 2.05) is 42.9 Å². The average molecular weight is 469 g/mol. The van der Waals surface area contributed by atoms with Gasteiger partial charge in [0.2, 0.25) is 0 Å². The quantitative estimate of drug-likeness (QED) is 0.286. The Balaban J connectivity index is 1.38. The van der Waals surface area contributed by atoms with E-state index in [1.165, 1.54) is 16.7 Å². The highest BCUT2D eigenvalue weighted by molar-refractivity contribution is 6.05. The number of aromatic nitrogens is 6. The highest BCUT2D eigenvalue weighted by Crippen LogP contribution is 2.31. The van der Waals surface area contributed by atoms with E-state index in [2.05, 4.69) is 53.9 Å². The van der Waals surface area contributed by atoms with Crippen molar-refractivity contribution >= 4 is 21.8 Å². The molecular weight excluding hydrogens is 444 g/mol. The van der Waals surface area contributed by atoms with Crippen LogP contribution in [0.15, 0.2) is 79.6 Å². The first kappa shape index (κ1) is 21.9. The molecule has 0 unspecified atom stereocenters. The highest BCUT2D eigenvalue weighted by Gasteiger charge is 2.15. The summed E-state index contributed by atoms with van der Waals surface area (Å²) < 4.78 is 0. The first-order chi connectivity index (χ1) is 17.6. The van der Waals surface area contributed by atoms with Crippen molar-refractivity contribution in [2.75, 3.05) is 0 Å². The second-order valence-corrected chi connectivity index (χ2v) is 9.04. The maximum Gasteiger partial charge on any atom is 0.116 e. The lowest BCUT2D eigenvalue weighted by Crippen LogP contribution is -1.99. The lowest BCUT2D eigenvalue weighted by molar-refractivity contribution is 1.11. The van der Waals surface area contributed by atoms with Crippen molar-refractivity contribution in [3.8, 4) is 22.8 Å². The van der Waals surface area contributed by atoms with E-state index in [0.29, 0.717) is 0 Å². The number of rotatable bonds is 4. The minimum absolute atomic E-state index is 0.719. The largest absolute Gasteiger partial charge is 0.255 e. The van der Waals surface area contributed by atoms with Crippen LogP contribution in [0.5, 0.6) is 0 Å². The Labute approximate surface area is 209 Å². The fraction of sp³-hybridized carbons (Fsp3) is 0.133. The molecule has 1 aromatic carbocycles. The van der Waals surface area contributed by atoms with Crippen molar-refractivity contribution < 1.29 is 0 Å². The molecule has 6 heteroatoms. The minimum Gasteiger partial charge on any atom is -0.255 e. The van der Waals surface area contributed by atoms with Gasteiger partial charge in [0.25, 0.3) is 0 Å². The first-order valence-corrected chi connectivity index (χ1v) is 11.9. The van der Waals surface area contributed by atoms with Crippen LogP contribution in [0.4, 0.5) is 0 Å². The molecule has 0 spiro atoms. The lowest BCUT2D eigenvalue weighted by Gasteiger charge is -2.13. The van der Waals surface area contributed by atoms with Crippen LogP contribution in [0, 0.1) is 20.8 Å². The van der Waals surface area contributed by atoms with Gasteiger partial charge in [-0.1, -0.05) is 24.3 Å². The topological polar surface area (TPSA) is 77.3 Å². The second kappa shape index (κ2) is 8.89. The van der Waals surface area contributed by atoms with Crippen LogP contribution in [0.3, 0.4) is 0 Å². The third-order valence-corrected chi connectivity index (χ3v) is 6.78. The van der Waals surface area contributed by atoms with Crippen LogP contribution in [0.1, 0.15) is 27.8 Å². The zero-order valence-corrected chi connectivity index (χ0v) is 20.4. The molecule has 0 N–H and O–H groups in total. The molecule has 5 aromatic heterocycles. The Morgan fingerprint density at radius 1 is 0.556 bits per heavy atom. The molecule has 6 rings (SSSR count). The molecule has 0 bridgehead atoms. The molecule has 174 valence electrons. The lowest BCUT2D eigenvalue weighted by atomic mass is 9.95. The third kappa shape index (κ3) is 3.77. The number of fused-ring (bicyclic) bond motifs is 3. The van der Waals surface area contributed by atoms with E-state index in [1.54, 1.807) is 18.6 Å². The second-order valence-electron chi connectivity index (χ2n) is 9.04. The van der Waals surface area contributed by atoms with Crippen LogP contribution in [0.2, 0.25) is 0 Å². The Morgan fingerprint density at radius 3 is 1.94 bits per heavy atom. The van der Waals surface area contributed by atoms with Gasteiger partial charge in [-0.3, -0.25) is 29.9 Å². The van der Waals surface area contributed by atoms with Crippen LogP contribution in [-0.2, 0) is 6.42 Å². The van der Waals surface area contributed by atoms with Gasteiger partial charge in [-0.15, -0.1) is 0 Å². The molecule has 36 heavy (non-hydrogen) atoms. The van der Waals surface area contributed by atoms with Crippen molar-refractivity contribution in [1.29, 1.82) is 0 Å². The molecule has 0 aliphatic heterocycles. The number of pyridine rings is 4. The summed E-state index contributed by atoms with van der Waals surface area (Å²) in [6.07, 6.45) is 11.7. The summed E-state index contributed by atoms with van der Waals surface area (Å²) in [7, 11) is 0. The summed E-state index contributed by atoms with van der Waals surface area (Å²) >= 11 is 0. The number of nitrogens with zero attached hydrogens (tertiary/aromatic N) is 6. The molecule has 0 saturated heterocycles. The molecule has 0 saturated carbocycles. The Hall–Kier alpha value is -4.58. The van der Waals surface area contributed by atoms with Gasteiger partial charge in [-0.2, -0.15) is 0 Å². The van der Waals surface area contributed by atoms with Crippen LogP contribution >= 0.6 is 0 Å². The zero-order valence-electron chi connectivity index (χ0n) is 20.4. The number of benzene rings is 1. The maximum absolute atomic E-state index is 4.77. The van der Waals surface area contributed by atoms with Gasteiger partial charge in [-0.05, 0) is 73.2 Å². The zero-order chi connectivity index (χ0) is 24.6. The van der Waals surface area contributed by atoms with Gasteiger partial charge in [0.05, 0.1) is 22.4 Å². The van der Waals surface area contributed by atoms with Crippen molar-refractivity contribution in [2.24, 2.45) is 0 Å². The van der Waals surface area contributed by atoms with Crippen molar-refractivity contribution in [3.05, 3.63) is 107 Å². The van der Waals surface area contributed by atoms with Gasteiger partial charge < -0.3 is 0 Å². The monoisotopic (exact) mass is 468 g/mol.